The number of aromatic nitrogens is 1. The molecule has 6 nitrogen and oxygen atoms in total. The molecule has 0 saturated carbocycles. The van der Waals surface area contributed by atoms with Gasteiger partial charge in [-0.15, -0.1) is 0 Å². The van der Waals surface area contributed by atoms with Crippen LogP contribution in [-0.2, 0) is 11.3 Å². The fourth-order valence-electron chi connectivity index (χ4n) is 2.73. The molecular formula is C20H18N3O3+. The number of nitro benzene ring substituents is 1. The molecule has 0 atom stereocenters. The minimum Gasteiger partial charge on any atom is -0.320 e. The molecule has 0 unspecified atom stereocenters. The van der Waals surface area contributed by atoms with E-state index in [1.165, 1.54) is 6.07 Å². The van der Waals surface area contributed by atoms with Crippen molar-refractivity contribution in [2.75, 3.05) is 5.32 Å². The molecule has 130 valence electrons. The van der Waals surface area contributed by atoms with Crippen LogP contribution in [0.3, 0.4) is 0 Å². The van der Waals surface area contributed by atoms with Gasteiger partial charge in [0.2, 0.25) is 6.54 Å². The monoisotopic (exact) mass is 348 g/mol. The molecule has 3 aromatic rings. The van der Waals surface area contributed by atoms with Crippen LogP contribution < -0.4 is 9.88 Å². The van der Waals surface area contributed by atoms with Gasteiger partial charge in [0.15, 0.2) is 12.4 Å². The third kappa shape index (κ3) is 3.92. The third-order valence-corrected chi connectivity index (χ3v) is 4.07. The van der Waals surface area contributed by atoms with Crippen molar-refractivity contribution in [3.05, 3.63) is 88.7 Å². The minimum atomic E-state index is -0.455. The van der Waals surface area contributed by atoms with Crippen molar-refractivity contribution in [2.45, 2.75) is 13.5 Å². The highest BCUT2D eigenvalue weighted by molar-refractivity contribution is 5.91. The number of anilines is 1. The van der Waals surface area contributed by atoms with E-state index >= 15 is 0 Å². The van der Waals surface area contributed by atoms with Gasteiger partial charge in [0, 0.05) is 17.7 Å². The van der Waals surface area contributed by atoms with Crippen LogP contribution >= 0.6 is 0 Å². The van der Waals surface area contributed by atoms with Gasteiger partial charge in [0.05, 0.1) is 16.2 Å². The Balaban J connectivity index is 1.75. The van der Waals surface area contributed by atoms with Crippen LogP contribution in [0.25, 0.3) is 11.1 Å². The molecule has 0 aliphatic carbocycles. The highest BCUT2D eigenvalue weighted by Gasteiger charge is 2.17. The van der Waals surface area contributed by atoms with Gasteiger partial charge in [-0.2, -0.15) is 4.57 Å². The first-order valence-corrected chi connectivity index (χ1v) is 8.13. The standard InChI is InChI=1S/C20H17N3O3/c1-15-18(10-5-11-19(15)23(25)26)21-20(24)14-22-12-6-9-17(13-22)16-7-3-2-4-8-16/h2-13H,14H2,1H3/p+1. The van der Waals surface area contributed by atoms with Crippen molar-refractivity contribution in [2.24, 2.45) is 0 Å². The second-order valence-electron chi connectivity index (χ2n) is 5.89. The van der Waals surface area contributed by atoms with Gasteiger partial charge in [-0.1, -0.05) is 36.4 Å². The van der Waals surface area contributed by atoms with E-state index in [4.69, 9.17) is 0 Å². The molecule has 26 heavy (non-hydrogen) atoms. The molecule has 6 heteroatoms. The number of carbonyl (C=O) groups excluding carboxylic acids is 1. The zero-order chi connectivity index (χ0) is 18.5. The molecule has 1 amide bonds. The number of carbonyl (C=O) groups is 1. The van der Waals surface area contributed by atoms with Gasteiger partial charge < -0.3 is 5.32 Å². The van der Waals surface area contributed by atoms with Gasteiger partial charge >= 0.3 is 0 Å². The Hall–Kier alpha value is -3.54. The van der Waals surface area contributed by atoms with Gasteiger partial charge in [0.25, 0.3) is 11.6 Å². The first kappa shape index (κ1) is 17.3. The number of rotatable bonds is 5. The number of nitrogens with one attached hydrogen (secondary N) is 1. The zero-order valence-corrected chi connectivity index (χ0v) is 14.3. The first-order chi connectivity index (χ1) is 12.5. The SMILES string of the molecule is Cc1c(NC(=O)C[n+]2cccc(-c3ccccc3)c2)cccc1[N+](=O)[O-]. The second-order valence-corrected chi connectivity index (χ2v) is 5.89. The normalized spacial score (nSPS) is 10.3. The maximum atomic E-state index is 12.4. The molecule has 0 bridgehead atoms. The summed E-state index contributed by atoms with van der Waals surface area (Å²) in [5.74, 6) is -0.246. The highest BCUT2D eigenvalue weighted by Crippen LogP contribution is 2.24. The number of nitrogens with zero attached hydrogens (tertiary/aromatic N) is 2. The van der Waals surface area contributed by atoms with Crippen molar-refractivity contribution in [1.82, 2.24) is 0 Å². The number of pyridine rings is 1. The van der Waals surface area contributed by atoms with Crippen LogP contribution in [0.2, 0.25) is 0 Å². The number of amides is 1. The lowest BCUT2D eigenvalue weighted by molar-refractivity contribution is -0.683. The largest absolute Gasteiger partial charge is 0.320 e. The quantitative estimate of drug-likeness (QED) is 0.435. The molecular weight excluding hydrogens is 330 g/mol. The van der Waals surface area contributed by atoms with E-state index in [1.807, 2.05) is 54.9 Å². The summed E-state index contributed by atoms with van der Waals surface area (Å²) in [6.07, 6.45) is 3.71. The Morgan fingerprint density at radius 2 is 1.77 bits per heavy atom. The maximum absolute atomic E-state index is 12.4. The van der Waals surface area contributed by atoms with Gasteiger partial charge in [0.1, 0.15) is 0 Å². The average molecular weight is 348 g/mol. The summed E-state index contributed by atoms with van der Waals surface area (Å²) in [5.41, 5.74) is 2.95. The predicted octanol–water partition coefficient (Wildman–Crippen LogP) is 3.50. The Morgan fingerprint density at radius 1 is 1.04 bits per heavy atom. The van der Waals surface area contributed by atoms with Crippen molar-refractivity contribution in [3.63, 3.8) is 0 Å². The third-order valence-electron chi connectivity index (χ3n) is 4.07. The molecule has 1 N–H and O–H groups in total. The van der Waals surface area contributed by atoms with E-state index in [-0.39, 0.29) is 18.1 Å². The lowest BCUT2D eigenvalue weighted by Crippen LogP contribution is -2.39. The summed E-state index contributed by atoms with van der Waals surface area (Å²) in [4.78, 5) is 22.9. The first-order valence-electron chi connectivity index (χ1n) is 8.13. The topological polar surface area (TPSA) is 76.1 Å². The van der Waals surface area contributed by atoms with Gasteiger partial charge in [-0.3, -0.25) is 14.9 Å². The van der Waals surface area contributed by atoms with Crippen molar-refractivity contribution < 1.29 is 14.3 Å². The van der Waals surface area contributed by atoms with Crippen molar-refractivity contribution in [1.29, 1.82) is 0 Å². The predicted molar refractivity (Wildman–Crippen MR) is 98.5 cm³/mol. The number of benzene rings is 2. The Morgan fingerprint density at radius 3 is 2.50 bits per heavy atom. The molecule has 0 saturated heterocycles. The highest BCUT2D eigenvalue weighted by atomic mass is 16.6. The summed E-state index contributed by atoms with van der Waals surface area (Å²) >= 11 is 0. The molecule has 1 heterocycles. The fourth-order valence-corrected chi connectivity index (χ4v) is 2.73. The number of nitro groups is 1. The molecule has 0 fully saturated rings. The fraction of sp³-hybridized carbons (Fsp3) is 0.100. The van der Waals surface area contributed by atoms with Crippen molar-refractivity contribution >= 4 is 17.3 Å². The summed E-state index contributed by atoms with van der Waals surface area (Å²) in [7, 11) is 0. The van der Waals surface area contributed by atoms with Crippen LogP contribution in [0.4, 0.5) is 11.4 Å². The molecule has 0 radical (unpaired) electrons. The molecule has 0 spiro atoms. The summed E-state index contributed by atoms with van der Waals surface area (Å²) in [6.45, 7) is 1.74. The molecule has 0 aliphatic rings. The molecule has 2 aromatic carbocycles. The Bertz CT molecular complexity index is 956. The molecule has 1 aromatic heterocycles. The van der Waals surface area contributed by atoms with Crippen LogP contribution in [-0.4, -0.2) is 10.8 Å². The van der Waals surface area contributed by atoms with Crippen molar-refractivity contribution in [3.8, 4) is 11.1 Å². The lowest BCUT2D eigenvalue weighted by Gasteiger charge is -2.07. The van der Waals surface area contributed by atoms with Crippen LogP contribution in [0, 0.1) is 17.0 Å². The van der Waals surface area contributed by atoms with E-state index in [9.17, 15) is 14.9 Å². The van der Waals surface area contributed by atoms with Gasteiger partial charge in [-0.05, 0) is 24.6 Å². The average Bonchev–Trinajstić information content (AvgIpc) is 2.64. The van der Waals surface area contributed by atoms with E-state index in [2.05, 4.69) is 5.32 Å². The lowest BCUT2D eigenvalue weighted by atomic mass is 10.1. The molecule has 3 rings (SSSR count). The van der Waals surface area contributed by atoms with E-state index < -0.39 is 4.92 Å². The van der Waals surface area contributed by atoms with Crippen LogP contribution in [0.1, 0.15) is 5.56 Å². The van der Waals surface area contributed by atoms with E-state index in [0.717, 1.165) is 11.1 Å². The van der Waals surface area contributed by atoms with Crippen LogP contribution in [0.5, 0.6) is 0 Å². The number of hydrogen-bond donors (Lipinski definition) is 1. The van der Waals surface area contributed by atoms with E-state index in [0.29, 0.717) is 11.3 Å². The second kappa shape index (κ2) is 7.57. The summed E-state index contributed by atoms with van der Waals surface area (Å²) in [5, 5.41) is 13.8. The Kier molecular flexibility index (Phi) is 5.03. The summed E-state index contributed by atoms with van der Waals surface area (Å²) in [6, 6.07) is 18.4. The maximum Gasteiger partial charge on any atom is 0.290 e. The Labute approximate surface area is 150 Å². The smallest absolute Gasteiger partial charge is 0.290 e. The summed E-state index contributed by atoms with van der Waals surface area (Å²) < 4.78 is 1.78. The van der Waals surface area contributed by atoms with Crippen LogP contribution in [0.15, 0.2) is 73.1 Å². The molecule has 0 aliphatic heterocycles. The zero-order valence-electron chi connectivity index (χ0n) is 14.3. The minimum absolute atomic E-state index is 0.0125. The van der Waals surface area contributed by atoms with E-state index in [1.54, 1.807) is 23.6 Å². The number of hydrogen-bond acceptors (Lipinski definition) is 3. The van der Waals surface area contributed by atoms with Gasteiger partial charge in [-0.25, -0.2) is 0 Å².